The highest BCUT2D eigenvalue weighted by molar-refractivity contribution is 9.10. The first-order valence-corrected chi connectivity index (χ1v) is 8.29. The van der Waals surface area contributed by atoms with Gasteiger partial charge in [-0.1, -0.05) is 15.9 Å². The lowest BCUT2D eigenvalue weighted by atomic mass is 10.0. The lowest BCUT2D eigenvalue weighted by molar-refractivity contribution is 0.209. The smallest absolute Gasteiger partial charge is 0.0401 e. The van der Waals surface area contributed by atoms with Crippen LogP contribution >= 0.6 is 15.9 Å². The molecule has 0 saturated carbocycles. The number of hydrogen-bond donors (Lipinski definition) is 1. The molecule has 1 unspecified atom stereocenters. The van der Waals surface area contributed by atoms with E-state index in [1.54, 1.807) is 0 Å². The van der Waals surface area contributed by atoms with Crippen LogP contribution in [0.2, 0.25) is 0 Å². The minimum atomic E-state index is 0.194. The molecule has 0 amide bonds. The van der Waals surface area contributed by atoms with Crippen LogP contribution < -0.4 is 10.6 Å². The number of rotatable bonds is 4. The molecule has 2 N–H and O–H groups in total. The van der Waals surface area contributed by atoms with Crippen LogP contribution in [0.15, 0.2) is 22.7 Å². The third-order valence-electron chi connectivity index (χ3n) is 3.97. The molecule has 3 nitrogen and oxygen atoms in total. The van der Waals surface area contributed by atoms with Gasteiger partial charge in [0.1, 0.15) is 0 Å². The van der Waals surface area contributed by atoms with Gasteiger partial charge in [0, 0.05) is 48.4 Å². The van der Waals surface area contributed by atoms with Crippen molar-refractivity contribution in [2.75, 3.05) is 31.1 Å². The third-order valence-corrected chi connectivity index (χ3v) is 4.46. The second-order valence-corrected chi connectivity index (χ2v) is 6.99. The maximum Gasteiger partial charge on any atom is 0.0401 e. The second-order valence-electron chi connectivity index (χ2n) is 6.07. The molecular weight excluding hydrogens is 314 g/mol. The summed E-state index contributed by atoms with van der Waals surface area (Å²) in [5, 5.41) is 0. The van der Waals surface area contributed by atoms with E-state index in [-0.39, 0.29) is 6.04 Å². The topological polar surface area (TPSA) is 32.5 Å². The maximum absolute atomic E-state index is 5.99. The summed E-state index contributed by atoms with van der Waals surface area (Å²) >= 11 is 3.57. The van der Waals surface area contributed by atoms with E-state index in [9.17, 15) is 0 Å². The number of halogens is 1. The number of piperazine rings is 1. The lowest BCUT2D eigenvalue weighted by Gasteiger charge is -2.39. The first-order valence-electron chi connectivity index (χ1n) is 7.50. The summed E-state index contributed by atoms with van der Waals surface area (Å²) in [6.45, 7) is 11.1. The van der Waals surface area contributed by atoms with Crippen molar-refractivity contribution in [1.82, 2.24) is 4.90 Å². The molecule has 1 fully saturated rings. The number of nitrogens with two attached hydrogens (primary N) is 1. The van der Waals surface area contributed by atoms with E-state index in [1.807, 2.05) is 0 Å². The van der Waals surface area contributed by atoms with Gasteiger partial charge in [-0.25, -0.2) is 0 Å². The van der Waals surface area contributed by atoms with E-state index < -0.39 is 0 Å². The molecule has 112 valence electrons. The number of anilines is 1. The monoisotopic (exact) mass is 339 g/mol. The first-order chi connectivity index (χ1) is 9.47. The van der Waals surface area contributed by atoms with Gasteiger partial charge in [0.15, 0.2) is 0 Å². The van der Waals surface area contributed by atoms with E-state index in [1.165, 1.54) is 11.3 Å². The molecule has 0 aliphatic carbocycles. The van der Waals surface area contributed by atoms with Gasteiger partial charge in [0.2, 0.25) is 0 Å². The average molecular weight is 340 g/mol. The van der Waals surface area contributed by atoms with Crippen LogP contribution in [0.25, 0.3) is 0 Å². The van der Waals surface area contributed by atoms with E-state index in [2.05, 4.69) is 64.7 Å². The normalized spacial score (nSPS) is 18.6. The fraction of sp³-hybridized carbons (Fsp3) is 0.625. The summed E-state index contributed by atoms with van der Waals surface area (Å²) in [6, 6.07) is 7.42. The van der Waals surface area contributed by atoms with Gasteiger partial charge >= 0.3 is 0 Å². The minimum Gasteiger partial charge on any atom is -0.369 e. The van der Waals surface area contributed by atoms with Crippen LogP contribution in [0.5, 0.6) is 0 Å². The lowest BCUT2D eigenvalue weighted by Crippen LogP contribution is -2.49. The first kappa shape index (κ1) is 15.8. The number of nitrogens with zero attached hydrogens (tertiary/aromatic N) is 2. The van der Waals surface area contributed by atoms with Crippen LogP contribution in [0.3, 0.4) is 0 Å². The molecule has 1 aliphatic heterocycles. The van der Waals surface area contributed by atoms with E-state index in [4.69, 9.17) is 5.73 Å². The fourth-order valence-corrected chi connectivity index (χ4v) is 3.26. The molecule has 1 heterocycles. The molecule has 0 bridgehead atoms. The zero-order valence-corrected chi connectivity index (χ0v) is 14.4. The zero-order valence-electron chi connectivity index (χ0n) is 12.8. The van der Waals surface area contributed by atoms with Crippen molar-refractivity contribution in [3.63, 3.8) is 0 Å². The van der Waals surface area contributed by atoms with Gasteiger partial charge in [0.05, 0.1) is 0 Å². The zero-order chi connectivity index (χ0) is 14.7. The molecule has 0 radical (unpaired) electrons. The second kappa shape index (κ2) is 6.92. The molecule has 4 heteroatoms. The molecule has 20 heavy (non-hydrogen) atoms. The third kappa shape index (κ3) is 3.96. The van der Waals surface area contributed by atoms with Crippen LogP contribution in [0, 0.1) is 0 Å². The van der Waals surface area contributed by atoms with E-state index in [0.717, 1.165) is 37.1 Å². The van der Waals surface area contributed by atoms with Gasteiger partial charge in [-0.15, -0.1) is 0 Å². The minimum absolute atomic E-state index is 0.194. The Morgan fingerprint density at radius 1 is 1.15 bits per heavy atom. The Balaban J connectivity index is 2.13. The van der Waals surface area contributed by atoms with E-state index in [0.29, 0.717) is 6.04 Å². The van der Waals surface area contributed by atoms with Crippen molar-refractivity contribution in [3.8, 4) is 0 Å². The number of benzene rings is 1. The van der Waals surface area contributed by atoms with Crippen molar-refractivity contribution in [2.24, 2.45) is 5.73 Å². The fourth-order valence-electron chi connectivity index (χ4n) is 2.85. The van der Waals surface area contributed by atoms with Gasteiger partial charge in [-0.3, -0.25) is 4.90 Å². The standard InChI is InChI=1S/C16H26BrN3/c1-12(2)19-6-8-20(9-7-19)16-5-4-15(17)11-14(16)10-13(3)18/h4-5,11-13H,6-10,18H2,1-3H3. The Morgan fingerprint density at radius 2 is 1.80 bits per heavy atom. The van der Waals surface area contributed by atoms with E-state index >= 15 is 0 Å². The molecule has 0 aromatic heterocycles. The highest BCUT2D eigenvalue weighted by Gasteiger charge is 2.20. The summed E-state index contributed by atoms with van der Waals surface area (Å²) in [4.78, 5) is 5.05. The average Bonchev–Trinajstić information content (AvgIpc) is 2.38. The molecule has 1 atom stereocenters. The molecule has 1 aromatic carbocycles. The van der Waals surface area contributed by atoms with Crippen LogP contribution in [-0.2, 0) is 6.42 Å². The van der Waals surface area contributed by atoms with Crippen LogP contribution in [0.4, 0.5) is 5.69 Å². The molecular formula is C16H26BrN3. The van der Waals surface area contributed by atoms with Crippen LogP contribution in [0.1, 0.15) is 26.3 Å². The molecule has 2 rings (SSSR count). The summed E-state index contributed by atoms with van der Waals surface area (Å²) in [7, 11) is 0. The SMILES string of the molecule is CC(N)Cc1cc(Br)ccc1N1CCN(C(C)C)CC1. The quantitative estimate of drug-likeness (QED) is 0.915. The Hall–Kier alpha value is -0.580. The highest BCUT2D eigenvalue weighted by atomic mass is 79.9. The molecule has 1 aliphatic rings. The van der Waals surface area contributed by atoms with Crippen molar-refractivity contribution >= 4 is 21.6 Å². The summed E-state index contributed by atoms with van der Waals surface area (Å²) in [5.41, 5.74) is 8.70. The molecule has 1 saturated heterocycles. The Bertz CT molecular complexity index is 437. The number of hydrogen-bond acceptors (Lipinski definition) is 3. The summed E-state index contributed by atoms with van der Waals surface area (Å²) in [5.74, 6) is 0. The Kier molecular flexibility index (Phi) is 5.47. The van der Waals surface area contributed by atoms with Gasteiger partial charge in [0.25, 0.3) is 0 Å². The molecule has 0 spiro atoms. The Labute approximate surface area is 131 Å². The van der Waals surface area contributed by atoms with Gasteiger partial charge < -0.3 is 10.6 Å². The predicted molar refractivity (Wildman–Crippen MR) is 90.4 cm³/mol. The molecule has 1 aromatic rings. The summed E-state index contributed by atoms with van der Waals surface area (Å²) in [6.07, 6.45) is 0.930. The Morgan fingerprint density at radius 3 is 2.35 bits per heavy atom. The highest BCUT2D eigenvalue weighted by Crippen LogP contribution is 2.27. The predicted octanol–water partition coefficient (Wildman–Crippen LogP) is 2.87. The summed E-state index contributed by atoms with van der Waals surface area (Å²) < 4.78 is 1.14. The van der Waals surface area contributed by atoms with Crippen molar-refractivity contribution in [2.45, 2.75) is 39.3 Å². The van der Waals surface area contributed by atoms with Gasteiger partial charge in [-0.05, 0) is 51.0 Å². The van der Waals surface area contributed by atoms with Crippen LogP contribution in [-0.4, -0.2) is 43.2 Å². The largest absolute Gasteiger partial charge is 0.369 e. The maximum atomic E-state index is 5.99. The van der Waals surface area contributed by atoms with Crippen molar-refractivity contribution < 1.29 is 0 Å². The van der Waals surface area contributed by atoms with Gasteiger partial charge in [-0.2, -0.15) is 0 Å². The van der Waals surface area contributed by atoms with Crippen molar-refractivity contribution in [3.05, 3.63) is 28.2 Å². The van der Waals surface area contributed by atoms with Crippen molar-refractivity contribution in [1.29, 1.82) is 0 Å².